The number of carboxylic acids is 1. The number of carboxylic acid groups (broad SMARTS) is 1. The number of nitrogens with one attached hydrogen (secondary N) is 8. The quantitative estimate of drug-likeness (QED) is 0.0522. The van der Waals surface area contributed by atoms with Crippen LogP contribution >= 0.6 is 23.2 Å². The summed E-state index contributed by atoms with van der Waals surface area (Å²) in [5.41, 5.74) is 7.78. The van der Waals surface area contributed by atoms with Gasteiger partial charge in [-0.1, -0.05) is 67.4 Å². The molecule has 0 aromatic heterocycles. The average Bonchev–Trinajstić information content (AvgIpc) is 0.760. The minimum atomic E-state index is -2.39. The fraction of sp³-hybridized carbons (Fsp3) is 0.463. The van der Waals surface area contributed by atoms with E-state index in [1.165, 1.54) is 51.2 Å². The molecule has 0 saturated carbocycles. The van der Waals surface area contributed by atoms with E-state index in [0.29, 0.717) is 12.4 Å². The van der Waals surface area contributed by atoms with Crippen LogP contribution in [0.3, 0.4) is 0 Å². The minimum absolute atomic E-state index is 0.116. The summed E-state index contributed by atoms with van der Waals surface area (Å²) in [4.78, 5) is 121. The van der Waals surface area contributed by atoms with E-state index < -0.39 is 261 Å². The molecular weight excluding hydrogens is 1630 g/mol. The van der Waals surface area contributed by atoms with Crippen molar-refractivity contribution in [2.45, 2.75) is 214 Å². The maximum absolute atomic E-state index is 16.5. The predicted octanol–water partition coefficient (Wildman–Crippen LogP) is 2.57. The van der Waals surface area contributed by atoms with Crippen molar-refractivity contribution in [3.8, 4) is 62.9 Å². The number of aliphatic hydroxyl groups excluding tert-OH is 6. The highest BCUT2D eigenvalue weighted by Gasteiger charge is 2.53. The highest BCUT2D eigenvalue weighted by atomic mass is 35.5. The number of phenolic OH excluding ortho intramolecular Hbond substituents is 3. The Morgan fingerprint density at radius 2 is 1.28 bits per heavy atom. The van der Waals surface area contributed by atoms with Crippen LogP contribution in [-0.2, 0) is 68.6 Å². The van der Waals surface area contributed by atoms with Gasteiger partial charge in [0.2, 0.25) is 53.4 Å². The third-order valence-electron chi connectivity index (χ3n) is 22.0. The molecule has 22 N–H and O–H groups in total. The second-order valence-corrected chi connectivity index (χ2v) is 32.4. The number of primary amides is 1. The van der Waals surface area contributed by atoms with E-state index in [0.717, 1.165) is 54.1 Å². The molecule has 8 heterocycles. The Morgan fingerprint density at radius 3 is 1.89 bits per heavy atom. The number of nitrogens with two attached hydrogens (primary N) is 2. The van der Waals surface area contributed by atoms with Gasteiger partial charge in [0.25, 0.3) is 0 Å². The standard InChI is InChI=1S/C82H98Cl2N10O27/c1-9-113-42-15-10-36(11-16-42)31-88-82(7)30-58(115-35(5)72(82)104)120-70-67(102)66(101)55(32-95)118-80(70)121-69-53-24-40-25-54(69)117-52-19-14-39(23-46(52)84)68(119-57-29-81(6,86)71(103)34(4)114-57)64-78(110)92-62(79(111)112)44-26-41(96)27-50(98)59(44)43-21-37(12-17-49(43)97)60(75(107)94-64)91-76(108)61(40)90-74(106)48(28-56(85)99)89-77(109)63(93-73(105)47(87-8)20-33(2)3)65(100)38-13-18-51(116-53)45(83)22-38/h10-19,21-27,33-35,47-48,55,57-58,60-68,70-72,80,87-88,95-98,100-104H,9,20,28-32,86H2,1-8H3,(H2,85,99)(H,89,109)(H,90,106)(H,91,108)(H,92,110)(H,93,105)(H,94,107)(H,111,112)/t34-,35-,47+,48-,55+,57-,58-,60+,61+,62-,63+,64-,65+,66+,67-,68+,70+,71-,72-,80-,81-,82-/m0/s1. The summed E-state index contributed by atoms with van der Waals surface area (Å²) in [5.74, 6) is -15.5. The van der Waals surface area contributed by atoms with Crippen LogP contribution in [-0.4, -0.2) is 222 Å². The number of carbonyl (C=O) groups is 8. The van der Waals surface area contributed by atoms with Gasteiger partial charge in [-0.05, 0) is 149 Å². The number of hydrogen-bond donors (Lipinski definition) is 20. The summed E-state index contributed by atoms with van der Waals surface area (Å²) in [7, 11) is 1.48. The lowest BCUT2D eigenvalue weighted by Crippen LogP contribution is -2.65. The van der Waals surface area contributed by atoms with E-state index in [9.17, 15) is 65.4 Å². The summed E-state index contributed by atoms with van der Waals surface area (Å²) < 4.78 is 58.4. The van der Waals surface area contributed by atoms with Crippen molar-refractivity contribution >= 4 is 70.5 Å². The zero-order valence-electron chi connectivity index (χ0n) is 66.7. The van der Waals surface area contributed by atoms with Gasteiger partial charge in [-0.25, -0.2) is 4.79 Å². The molecule has 3 saturated heterocycles. The fourth-order valence-electron chi connectivity index (χ4n) is 15.6. The molecule has 7 amide bonds. The molecule has 11 bridgehead atoms. The van der Waals surface area contributed by atoms with Crippen LogP contribution in [0, 0.1) is 5.92 Å². The predicted molar refractivity (Wildman–Crippen MR) is 426 cm³/mol. The molecule has 22 atom stereocenters. The number of aromatic hydroxyl groups is 3. The number of amides is 7. The normalized spacial score (nSPS) is 30.3. The van der Waals surface area contributed by atoms with E-state index >= 15 is 24.0 Å². The maximum atomic E-state index is 16.5. The third kappa shape index (κ3) is 19.8. The Morgan fingerprint density at radius 1 is 0.669 bits per heavy atom. The average molecular weight is 1730 g/mol. The molecule has 37 nitrogen and oxygen atoms in total. The zero-order valence-corrected chi connectivity index (χ0v) is 68.2. The topological polar surface area (TPSA) is 570 Å². The van der Waals surface area contributed by atoms with Crippen LogP contribution < -0.4 is 72.9 Å². The number of aliphatic carboxylic acids is 1. The summed E-state index contributed by atoms with van der Waals surface area (Å²) in [6.07, 6.45) is -22.8. The number of ether oxygens (including phenoxy) is 9. The van der Waals surface area contributed by atoms with E-state index in [4.69, 9.17) is 77.3 Å². The number of benzene rings is 6. The lowest BCUT2D eigenvalue weighted by atomic mass is 9.84. The van der Waals surface area contributed by atoms with Crippen LogP contribution in [0.25, 0.3) is 11.1 Å². The van der Waals surface area contributed by atoms with Gasteiger partial charge < -0.3 is 148 Å². The Bertz CT molecular complexity index is 4900. The summed E-state index contributed by atoms with van der Waals surface area (Å²) in [6, 6.07) is 6.82. The van der Waals surface area contributed by atoms with Gasteiger partial charge in [0.15, 0.2) is 36.2 Å². The number of fused-ring (bicyclic) bond motifs is 15. The second kappa shape index (κ2) is 37.2. The lowest BCUT2D eigenvalue weighted by molar-refractivity contribution is -0.334. The lowest BCUT2D eigenvalue weighted by Gasteiger charge is -2.48. The van der Waals surface area contributed by atoms with Crippen molar-refractivity contribution in [3.63, 3.8) is 0 Å². The molecule has 0 radical (unpaired) electrons. The van der Waals surface area contributed by atoms with Gasteiger partial charge in [-0.2, -0.15) is 0 Å². The molecule has 652 valence electrons. The number of halogens is 2. The SMILES string of the molecule is CCOc1ccc(CN[C@@]2(C)C[C@H](O[C@H]3[C@H](Oc4c5cc6cc4Oc4ccc(cc4Cl)[C@@H](O[C@H]4C[C@](C)(N)[C@@H](O)[C@H](C)O4)[C@@H]4NC(=O)[C@H](NC(=O)[C@@H]6NC(=O)[C@H](CC(N)=O)NC(=O)[C@H](NC(=O)[C@@H](CC(C)C)NC)[C@H](O)c6ccc(c(Cl)c6)O5)c5ccc(O)c(c5)-c5c(O)cc(O)cc5[C@@H](C(=O)O)NC4=O)O[C@H](CO)[C@@H](O)[C@@H]3O)O[C@@H](C)[C@@H]2O)cc1. The molecular formula is C82H98Cl2N10O27. The Hall–Kier alpha value is -10.3. The first-order chi connectivity index (χ1) is 57.3. The number of phenols is 3. The molecule has 121 heavy (non-hydrogen) atoms. The molecule has 39 heteroatoms. The molecule has 8 aliphatic heterocycles. The first kappa shape index (κ1) is 89.9. The van der Waals surface area contributed by atoms with Gasteiger partial charge in [0.05, 0.1) is 60.1 Å². The Balaban J connectivity index is 1.09. The largest absolute Gasteiger partial charge is 0.508 e. The van der Waals surface area contributed by atoms with Crippen LogP contribution in [0.2, 0.25) is 10.0 Å². The van der Waals surface area contributed by atoms with E-state index in [-0.39, 0.29) is 59.2 Å². The van der Waals surface area contributed by atoms with Crippen LogP contribution in [0.15, 0.2) is 103 Å². The maximum Gasteiger partial charge on any atom is 0.330 e. The van der Waals surface area contributed by atoms with Gasteiger partial charge in [-0.15, -0.1) is 0 Å². The molecule has 0 unspecified atom stereocenters. The molecule has 0 spiro atoms. The highest BCUT2D eigenvalue weighted by Crippen LogP contribution is 2.51. The number of carbonyl (C=O) groups excluding carboxylic acids is 7. The smallest absolute Gasteiger partial charge is 0.330 e. The van der Waals surface area contributed by atoms with Crippen molar-refractivity contribution in [1.82, 2.24) is 42.5 Å². The van der Waals surface area contributed by atoms with Gasteiger partial charge >= 0.3 is 5.97 Å². The van der Waals surface area contributed by atoms with Crippen molar-refractivity contribution in [2.24, 2.45) is 17.4 Å². The number of aliphatic hydroxyl groups is 6. The zero-order chi connectivity index (χ0) is 87.7. The van der Waals surface area contributed by atoms with Crippen LogP contribution in [0.4, 0.5) is 0 Å². The summed E-state index contributed by atoms with van der Waals surface area (Å²) >= 11 is 14.6. The first-order valence-corrected chi connectivity index (χ1v) is 39.8. The monoisotopic (exact) mass is 1720 g/mol. The molecule has 8 aliphatic rings. The Labute approximate surface area is 702 Å². The van der Waals surface area contributed by atoms with Gasteiger partial charge in [-0.3, -0.25) is 33.6 Å². The minimum Gasteiger partial charge on any atom is -0.508 e. The Kier molecular flexibility index (Phi) is 27.6. The van der Waals surface area contributed by atoms with Crippen molar-refractivity contribution < 1.29 is 132 Å². The van der Waals surface area contributed by atoms with E-state index in [1.54, 1.807) is 26.0 Å². The number of hydrogen-bond acceptors (Lipinski definition) is 29. The second-order valence-electron chi connectivity index (χ2n) is 31.6. The fourth-order valence-corrected chi connectivity index (χ4v) is 16.0. The van der Waals surface area contributed by atoms with E-state index in [2.05, 4.69) is 42.5 Å². The number of likely N-dealkylation sites (N-methyl/N-ethyl adjacent to an activating group) is 1. The molecule has 3 fully saturated rings. The van der Waals surface area contributed by atoms with Crippen LogP contribution in [0.1, 0.15) is 138 Å². The van der Waals surface area contributed by atoms with Gasteiger partial charge in [0.1, 0.15) is 95.2 Å². The van der Waals surface area contributed by atoms with Crippen molar-refractivity contribution in [1.29, 1.82) is 0 Å². The molecule has 6 aromatic rings. The van der Waals surface area contributed by atoms with Crippen molar-refractivity contribution in [2.75, 3.05) is 20.3 Å². The van der Waals surface area contributed by atoms with Gasteiger partial charge in [0, 0.05) is 53.2 Å². The summed E-state index contributed by atoms with van der Waals surface area (Å²) in [5, 5.41) is 137. The molecule has 6 aromatic carbocycles. The van der Waals surface area contributed by atoms with E-state index in [1.807, 2.05) is 32.9 Å². The molecule has 0 aliphatic carbocycles. The summed E-state index contributed by atoms with van der Waals surface area (Å²) in [6.45, 7) is 11.3. The third-order valence-corrected chi connectivity index (χ3v) is 22.6. The van der Waals surface area contributed by atoms with Crippen LogP contribution in [0.5, 0.6) is 51.7 Å². The highest BCUT2D eigenvalue weighted by molar-refractivity contribution is 6.32. The van der Waals surface area contributed by atoms with Crippen molar-refractivity contribution in [3.05, 3.63) is 147 Å². The first-order valence-electron chi connectivity index (χ1n) is 39.0. The number of rotatable bonds is 20. The molecule has 14 rings (SSSR count).